The van der Waals surface area contributed by atoms with Gasteiger partial charge in [-0.2, -0.15) is 0 Å². The lowest BCUT2D eigenvalue weighted by Crippen LogP contribution is -2.46. The van der Waals surface area contributed by atoms with E-state index in [0.717, 1.165) is 31.6 Å². The average molecular weight is 330 g/mol. The molecule has 5 heteroatoms. The Morgan fingerprint density at radius 3 is 2.83 bits per heavy atom. The second-order valence-electron chi connectivity index (χ2n) is 6.88. The predicted octanol–water partition coefficient (Wildman–Crippen LogP) is 2.84. The van der Waals surface area contributed by atoms with E-state index in [4.69, 9.17) is 4.74 Å². The third-order valence-electron chi connectivity index (χ3n) is 4.99. The highest BCUT2D eigenvalue weighted by Gasteiger charge is 2.31. The molecule has 1 saturated heterocycles. The van der Waals surface area contributed by atoms with Gasteiger partial charge in [-0.05, 0) is 44.2 Å². The van der Waals surface area contributed by atoms with Crippen LogP contribution in [0.25, 0.3) is 0 Å². The maximum absolute atomic E-state index is 12.6. The zero-order valence-electron chi connectivity index (χ0n) is 14.5. The van der Waals surface area contributed by atoms with Crippen molar-refractivity contribution in [2.75, 3.05) is 24.5 Å². The number of para-hydroxylation sites is 2. The lowest BCUT2D eigenvalue weighted by atomic mass is 10.0. The van der Waals surface area contributed by atoms with Crippen molar-refractivity contribution in [2.45, 2.75) is 45.6 Å². The predicted molar refractivity (Wildman–Crippen MR) is 93.1 cm³/mol. The van der Waals surface area contributed by atoms with Gasteiger partial charge in [0.25, 0.3) is 5.91 Å². The zero-order valence-corrected chi connectivity index (χ0v) is 14.5. The fourth-order valence-electron chi connectivity index (χ4n) is 3.47. The highest BCUT2D eigenvalue weighted by molar-refractivity contribution is 6.00. The normalized spacial score (nSPS) is 24.2. The van der Waals surface area contributed by atoms with Crippen molar-refractivity contribution in [2.24, 2.45) is 5.92 Å². The number of carbonyl (C=O) groups excluding carboxylic acids is 2. The quantitative estimate of drug-likeness (QED) is 0.856. The van der Waals surface area contributed by atoms with Crippen LogP contribution in [-0.4, -0.2) is 42.5 Å². The number of likely N-dealkylation sites (tertiary alicyclic amines) is 1. The summed E-state index contributed by atoms with van der Waals surface area (Å²) in [5, 5.41) is 0. The third kappa shape index (κ3) is 3.55. The van der Waals surface area contributed by atoms with Crippen molar-refractivity contribution < 1.29 is 14.3 Å². The van der Waals surface area contributed by atoms with E-state index < -0.39 is 6.10 Å². The molecule has 3 rings (SSSR count). The molecule has 24 heavy (non-hydrogen) atoms. The van der Waals surface area contributed by atoms with E-state index in [9.17, 15) is 9.59 Å². The Morgan fingerprint density at radius 1 is 1.21 bits per heavy atom. The van der Waals surface area contributed by atoms with Crippen LogP contribution in [0.15, 0.2) is 24.3 Å². The summed E-state index contributed by atoms with van der Waals surface area (Å²) >= 11 is 0. The number of ether oxygens (including phenoxy) is 1. The first kappa shape index (κ1) is 16.8. The van der Waals surface area contributed by atoms with E-state index in [2.05, 4.69) is 6.92 Å². The van der Waals surface area contributed by atoms with Crippen LogP contribution in [0.5, 0.6) is 5.75 Å². The Bertz CT molecular complexity index is 616. The van der Waals surface area contributed by atoms with E-state index in [1.54, 1.807) is 11.8 Å². The minimum Gasteiger partial charge on any atom is -0.479 e. The van der Waals surface area contributed by atoms with Crippen LogP contribution < -0.4 is 9.64 Å². The van der Waals surface area contributed by atoms with Crippen LogP contribution >= 0.6 is 0 Å². The molecule has 130 valence electrons. The molecular weight excluding hydrogens is 304 g/mol. The lowest BCUT2D eigenvalue weighted by Gasteiger charge is -2.33. The van der Waals surface area contributed by atoms with Gasteiger partial charge in [0.15, 0.2) is 6.10 Å². The summed E-state index contributed by atoms with van der Waals surface area (Å²) in [7, 11) is 0. The molecule has 1 aromatic carbocycles. The molecular formula is C19H26N2O3. The highest BCUT2D eigenvalue weighted by atomic mass is 16.5. The molecule has 0 aliphatic carbocycles. The summed E-state index contributed by atoms with van der Waals surface area (Å²) in [6.07, 6.45) is 3.19. The molecule has 0 radical (unpaired) electrons. The maximum atomic E-state index is 12.6. The number of nitrogens with zero attached hydrogens (tertiary/aromatic N) is 2. The molecule has 1 fully saturated rings. The third-order valence-corrected chi connectivity index (χ3v) is 4.99. The van der Waals surface area contributed by atoms with Gasteiger partial charge in [0.2, 0.25) is 5.91 Å². The lowest BCUT2D eigenvalue weighted by molar-refractivity contribution is -0.131. The van der Waals surface area contributed by atoms with Gasteiger partial charge >= 0.3 is 0 Å². The number of fused-ring (bicyclic) bond motifs is 1. The van der Waals surface area contributed by atoms with Gasteiger partial charge < -0.3 is 14.5 Å². The Morgan fingerprint density at radius 2 is 2.00 bits per heavy atom. The van der Waals surface area contributed by atoms with Crippen molar-refractivity contribution in [1.82, 2.24) is 4.90 Å². The van der Waals surface area contributed by atoms with Crippen molar-refractivity contribution >= 4 is 17.5 Å². The van der Waals surface area contributed by atoms with Gasteiger partial charge in [-0.3, -0.25) is 9.59 Å². The number of anilines is 1. The van der Waals surface area contributed by atoms with Crippen LogP contribution in [0.4, 0.5) is 5.69 Å². The molecule has 2 atom stereocenters. The second kappa shape index (κ2) is 7.24. The number of hydrogen-bond donors (Lipinski definition) is 0. The van der Waals surface area contributed by atoms with Gasteiger partial charge in [-0.1, -0.05) is 19.1 Å². The summed E-state index contributed by atoms with van der Waals surface area (Å²) < 4.78 is 5.64. The monoisotopic (exact) mass is 330 g/mol. The molecule has 0 bridgehead atoms. The fraction of sp³-hybridized carbons (Fsp3) is 0.579. The molecule has 1 aromatic rings. The van der Waals surface area contributed by atoms with E-state index >= 15 is 0 Å². The Kier molecular flexibility index (Phi) is 5.07. The van der Waals surface area contributed by atoms with Crippen LogP contribution in [0.3, 0.4) is 0 Å². The van der Waals surface area contributed by atoms with Crippen LogP contribution in [0, 0.1) is 5.92 Å². The first-order valence-electron chi connectivity index (χ1n) is 8.91. The number of rotatable bonds is 3. The average Bonchev–Trinajstić information content (AvgIpc) is 2.80. The Balaban J connectivity index is 1.65. The molecule has 2 amide bonds. The topological polar surface area (TPSA) is 49.9 Å². The summed E-state index contributed by atoms with van der Waals surface area (Å²) in [5.74, 6) is 1.47. The van der Waals surface area contributed by atoms with Gasteiger partial charge in [0.1, 0.15) is 5.75 Å². The van der Waals surface area contributed by atoms with Crippen LogP contribution in [-0.2, 0) is 9.59 Å². The molecule has 2 heterocycles. The SMILES string of the molecule is C[C@H]1CCCN(C(=O)CCN2C(=O)[C@@H](C)Oc3ccccc32)CC1. The maximum Gasteiger partial charge on any atom is 0.267 e. The molecule has 0 N–H and O–H groups in total. The molecule has 0 aromatic heterocycles. The van der Waals surface area contributed by atoms with Crippen molar-refractivity contribution in [1.29, 1.82) is 0 Å². The Labute approximate surface area is 143 Å². The van der Waals surface area contributed by atoms with Crippen molar-refractivity contribution in [3.8, 4) is 5.75 Å². The van der Waals surface area contributed by atoms with Crippen molar-refractivity contribution in [3.05, 3.63) is 24.3 Å². The smallest absolute Gasteiger partial charge is 0.267 e. The van der Waals surface area contributed by atoms with Gasteiger partial charge in [0, 0.05) is 26.1 Å². The summed E-state index contributed by atoms with van der Waals surface area (Å²) in [5.41, 5.74) is 0.762. The minimum absolute atomic E-state index is 0.0778. The number of hydrogen-bond acceptors (Lipinski definition) is 3. The number of benzene rings is 1. The van der Waals surface area contributed by atoms with Gasteiger partial charge in [-0.25, -0.2) is 0 Å². The highest BCUT2D eigenvalue weighted by Crippen LogP contribution is 2.33. The van der Waals surface area contributed by atoms with E-state index in [1.807, 2.05) is 29.2 Å². The molecule has 0 unspecified atom stereocenters. The van der Waals surface area contributed by atoms with E-state index in [1.165, 1.54) is 6.42 Å². The first-order valence-corrected chi connectivity index (χ1v) is 8.91. The minimum atomic E-state index is -0.506. The summed E-state index contributed by atoms with van der Waals surface area (Å²) in [6, 6.07) is 7.51. The zero-order chi connectivity index (χ0) is 17.1. The molecule has 5 nitrogen and oxygen atoms in total. The second-order valence-corrected chi connectivity index (χ2v) is 6.88. The van der Waals surface area contributed by atoms with E-state index in [0.29, 0.717) is 24.6 Å². The van der Waals surface area contributed by atoms with Gasteiger partial charge in [-0.15, -0.1) is 0 Å². The fourth-order valence-corrected chi connectivity index (χ4v) is 3.47. The molecule has 0 saturated carbocycles. The molecule has 2 aliphatic heterocycles. The summed E-state index contributed by atoms with van der Waals surface area (Å²) in [4.78, 5) is 28.7. The Hall–Kier alpha value is -2.04. The van der Waals surface area contributed by atoms with Crippen LogP contribution in [0.2, 0.25) is 0 Å². The van der Waals surface area contributed by atoms with Gasteiger partial charge in [0.05, 0.1) is 5.69 Å². The van der Waals surface area contributed by atoms with E-state index in [-0.39, 0.29) is 11.8 Å². The number of carbonyl (C=O) groups is 2. The largest absolute Gasteiger partial charge is 0.479 e. The first-order chi connectivity index (χ1) is 11.6. The molecule has 2 aliphatic rings. The number of amides is 2. The standard InChI is InChI=1S/C19H26N2O3/c1-14-6-5-11-20(12-9-14)18(22)10-13-21-16-7-3-4-8-17(16)24-15(2)19(21)23/h3-4,7-8,14-15H,5-6,9-13H2,1-2H3/t14-,15+/m0/s1. The summed E-state index contributed by atoms with van der Waals surface area (Å²) in [6.45, 7) is 6.09. The molecule has 0 spiro atoms. The van der Waals surface area contributed by atoms with Crippen molar-refractivity contribution in [3.63, 3.8) is 0 Å². The van der Waals surface area contributed by atoms with Crippen LogP contribution in [0.1, 0.15) is 39.5 Å².